The fourth-order valence-electron chi connectivity index (χ4n) is 3.74. The third-order valence-electron chi connectivity index (χ3n) is 5.56. The van der Waals surface area contributed by atoms with Crippen molar-refractivity contribution in [1.29, 1.82) is 0 Å². The van der Waals surface area contributed by atoms with E-state index in [0.29, 0.717) is 0 Å². The lowest BCUT2D eigenvalue weighted by molar-refractivity contribution is 0.0514. The average molecular weight is 449 g/mol. The molecule has 0 saturated carbocycles. The highest BCUT2D eigenvalue weighted by Gasteiger charge is 2.22. The van der Waals surface area contributed by atoms with Crippen LogP contribution in [0, 0.1) is 0 Å². The largest absolute Gasteiger partial charge is 0.483 e. The zero-order valence-corrected chi connectivity index (χ0v) is 18.9. The number of anilines is 1. The zero-order chi connectivity index (χ0) is 23.2. The van der Waals surface area contributed by atoms with Crippen LogP contribution in [0.2, 0.25) is 0 Å². The molecule has 0 bridgehead atoms. The fraction of sp³-hybridized carbons (Fsp3) is 0.320. The molecule has 0 amide bonds. The highest BCUT2D eigenvalue weighted by molar-refractivity contribution is 5.87. The molecule has 0 N–H and O–H groups in total. The molecule has 3 aromatic rings. The van der Waals surface area contributed by atoms with Crippen LogP contribution in [0.1, 0.15) is 23.0 Å². The molecule has 33 heavy (non-hydrogen) atoms. The third kappa shape index (κ3) is 5.23. The molecule has 1 aromatic heterocycles. The van der Waals surface area contributed by atoms with Gasteiger partial charge in [0.1, 0.15) is 6.61 Å². The van der Waals surface area contributed by atoms with Crippen LogP contribution in [0.25, 0.3) is 5.69 Å². The molecule has 1 saturated heterocycles. The van der Waals surface area contributed by atoms with E-state index < -0.39 is 11.4 Å². The number of carbonyl (C=O) groups is 1. The number of carbonyl (C=O) groups excluding carboxylic acids is 1. The van der Waals surface area contributed by atoms with Gasteiger partial charge in [0.25, 0.3) is 5.43 Å². The Hall–Kier alpha value is -3.65. The van der Waals surface area contributed by atoms with Crippen molar-refractivity contribution in [1.82, 2.24) is 14.7 Å². The smallest absolute Gasteiger partial charge is 0.363 e. The van der Waals surface area contributed by atoms with Gasteiger partial charge in [0.15, 0.2) is 5.75 Å². The molecule has 1 aliphatic heterocycles. The van der Waals surface area contributed by atoms with E-state index in [0.717, 1.165) is 43.1 Å². The van der Waals surface area contributed by atoms with Crippen molar-refractivity contribution in [2.24, 2.45) is 0 Å². The van der Waals surface area contributed by atoms with Gasteiger partial charge in [-0.1, -0.05) is 42.5 Å². The van der Waals surface area contributed by atoms with Crippen LogP contribution in [0.15, 0.2) is 65.6 Å². The van der Waals surface area contributed by atoms with E-state index in [1.165, 1.54) is 0 Å². The van der Waals surface area contributed by atoms with E-state index in [4.69, 9.17) is 9.47 Å². The summed E-state index contributed by atoms with van der Waals surface area (Å²) in [6.45, 7) is 5.67. The van der Waals surface area contributed by atoms with E-state index >= 15 is 0 Å². The molecule has 0 spiro atoms. The quantitative estimate of drug-likeness (QED) is 0.515. The van der Waals surface area contributed by atoms with Gasteiger partial charge >= 0.3 is 5.97 Å². The summed E-state index contributed by atoms with van der Waals surface area (Å²) in [6.07, 6.45) is 1.54. The molecule has 2 heterocycles. The zero-order valence-electron chi connectivity index (χ0n) is 18.9. The normalized spacial score (nSPS) is 14.2. The monoisotopic (exact) mass is 448 g/mol. The van der Waals surface area contributed by atoms with E-state index in [1.807, 2.05) is 54.6 Å². The Balaban J connectivity index is 1.74. The van der Waals surface area contributed by atoms with Gasteiger partial charge < -0.3 is 19.3 Å². The van der Waals surface area contributed by atoms with Crippen molar-refractivity contribution < 1.29 is 14.3 Å². The Kier molecular flexibility index (Phi) is 7.04. The maximum Gasteiger partial charge on any atom is 0.363 e. The molecule has 4 rings (SSSR count). The van der Waals surface area contributed by atoms with Crippen molar-refractivity contribution in [3.05, 3.63) is 82.3 Å². The summed E-state index contributed by atoms with van der Waals surface area (Å²) >= 11 is 0. The third-order valence-corrected chi connectivity index (χ3v) is 5.56. The highest BCUT2D eigenvalue weighted by Crippen LogP contribution is 2.25. The van der Waals surface area contributed by atoms with Crippen LogP contribution in [-0.2, 0) is 11.3 Å². The minimum absolute atomic E-state index is 0.0464. The number of hydrogen-bond acceptors (Lipinski definition) is 7. The van der Waals surface area contributed by atoms with Crippen LogP contribution in [0.3, 0.4) is 0 Å². The molecule has 0 unspecified atom stereocenters. The Morgan fingerprint density at radius 3 is 2.33 bits per heavy atom. The van der Waals surface area contributed by atoms with Crippen molar-refractivity contribution >= 4 is 11.7 Å². The summed E-state index contributed by atoms with van der Waals surface area (Å²) in [6, 6.07) is 17.4. The van der Waals surface area contributed by atoms with Gasteiger partial charge in [0.05, 0.1) is 24.2 Å². The molecule has 1 fully saturated rings. The number of likely N-dealkylation sites (N-methyl/N-ethyl adjacent to an activating group) is 1. The summed E-state index contributed by atoms with van der Waals surface area (Å²) in [5.41, 5.74) is 1.77. The lowest BCUT2D eigenvalue weighted by atomic mass is 10.2. The lowest BCUT2D eigenvalue weighted by Crippen LogP contribution is -2.44. The first-order valence-corrected chi connectivity index (χ1v) is 11.1. The van der Waals surface area contributed by atoms with Crippen LogP contribution >= 0.6 is 0 Å². The number of para-hydroxylation sites is 2. The van der Waals surface area contributed by atoms with Gasteiger partial charge in [0.2, 0.25) is 5.69 Å². The molecule has 1 aliphatic rings. The Morgan fingerprint density at radius 2 is 1.64 bits per heavy atom. The number of aromatic nitrogens is 2. The van der Waals surface area contributed by atoms with Gasteiger partial charge in [-0.05, 0) is 31.7 Å². The van der Waals surface area contributed by atoms with Crippen molar-refractivity contribution in [3.8, 4) is 11.4 Å². The standard InChI is InChI=1S/C25H28N4O4/c1-3-32-25(31)23-24(30)22(33-18-19-9-5-4-6-10-19)17-29(26-23)21-12-8-7-11-20(21)28-15-13-27(2)14-16-28/h4-12,17H,3,13-16,18H2,1-2H3. The summed E-state index contributed by atoms with van der Waals surface area (Å²) < 4.78 is 12.5. The van der Waals surface area contributed by atoms with Gasteiger partial charge in [-0.15, -0.1) is 0 Å². The maximum absolute atomic E-state index is 13.0. The highest BCUT2D eigenvalue weighted by atomic mass is 16.5. The number of ether oxygens (including phenoxy) is 2. The predicted octanol–water partition coefficient (Wildman–Crippen LogP) is 2.74. The topological polar surface area (TPSA) is 76.9 Å². The summed E-state index contributed by atoms with van der Waals surface area (Å²) in [5, 5.41) is 4.36. The van der Waals surface area contributed by atoms with Gasteiger partial charge in [-0.2, -0.15) is 5.10 Å². The van der Waals surface area contributed by atoms with E-state index in [-0.39, 0.29) is 24.7 Å². The second-order valence-corrected chi connectivity index (χ2v) is 7.89. The summed E-state index contributed by atoms with van der Waals surface area (Å²) in [7, 11) is 2.11. The minimum Gasteiger partial charge on any atom is -0.483 e. The second-order valence-electron chi connectivity index (χ2n) is 7.89. The van der Waals surface area contributed by atoms with Crippen molar-refractivity contribution in [3.63, 3.8) is 0 Å². The maximum atomic E-state index is 13.0. The summed E-state index contributed by atoms with van der Waals surface area (Å²) in [5.74, 6) is -0.719. The van der Waals surface area contributed by atoms with Crippen molar-refractivity contribution in [2.75, 3.05) is 44.7 Å². The molecule has 8 heteroatoms. The second kappa shape index (κ2) is 10.3. The number of hydrogen-bond donors (Lipinski definition) is 0. The Labute approximate surface area is 193 Å². The van der Waals surface area contributed by atoms with Crippen LogP contribution in [-0.4, -0.2) is 60.5 Å². The van der Waals surface area contributed by atoms with E-state index in [2.05, 4.69) is 21.9 Å². The minimum atomic E-state index is -0.765. The van der Waals surface area contributed by atoms with Crippen molar-refractivity contribution in [2.45, 2.75) is 13.5 Å². The molecule has 8 nitrogen and oxygen atoms in total. The number of benzene rings is 2. The number of esters is 1. The van der Waals surface area contributed by atoms with Crippen LogP contribution < -0.4 is 15.1 Å². The van der Waals surface area contributed by atoms with Crippen LogP contribution in [0.5, 0.6) is 5.75 Å². The first kappa shape index (κ1) is 22.5. The molecular formula is C25H28N4O4. The first-order chi connectivity index (χ1) is 16.1. The van der Waals surface area contributed by atoms with Gasteiger partial charge in [-0.3, -0.25) is 4.79 Å². The molecular weight excluding hydrogens is 420 g/mol. The van der Waals surface area contributed by atoms with Gasteiger partial charge in [0, 0.05) is 26.2 Å². The fourth-order valence-corrected chi connectivity index (χ4v) is 3.74. The van der Waals surface area contributed by atoms with Gasteiger partial charge in [-0.25, -0.2) is 9.48 Å². The summed E-state index contributed by atoms with van der Waals surface area (Å²) in [4.78, 5) is 30.1. The Morgan fingerprint density at radius 1 is 0.970 bits per heavy atom. The predicted molar refractivity (Wildman–Crippen MR) is 126 cm³/mol. The molecule has 0 radical (unpaired) electrons. The van der Waals surface area contributed by atoms with E-state index in [1.54, 1.807) is 17.8 Å². The SMILES string of the molecule is CCOC(=O)c1nn(-c2ccccc2N2CCN(C)CC2)cc(OCc2ccccc2)c1=O. The average Bonchev–Trinajstić information content (AvgIpc) is 2.85. The number of rotatable bonds is 7. The number of nitrogens with zero attached hydrogens (tertiary/aromatic N) is 4. The first-order valence-electron chi connectivity index (χ1n) is 11.1. The molecule has 0 aliphatic carbocycles. The van der Waals surface area contributed by atoms with E-state index in [9.17, 15) is 9.59 Å². The Bertz CT molecular complexity index is 1150. The lowest BCUT2D eigenvalue weighted by Gasteiger charge is -2.35. The number of piperazine rings is 1. The van der Waals surface area contributed by atoms with Crippen LogP contribution in [0.4, 0.5) is 5.69 Å². The molecule has 2 aromatic carbocycles. The molecule has 172 valence electrons. The molecule has 0 atom stereocenters.